The molecule has 108 valence electrons. The molecular weight excluding hydrogens is 270 g/mol. The summed E-state index contributed by atoms with van der Waals surface area (Å²) in [5.41, 5.74) is 1.57. The number of rotatable bonds is 5. The van der Waals surface area contributed by atoms with E-state index in [0.29, 0.717) is 5.56 Å². The lowest BCUT2D eigenvalue weighted by molar-refractivity contribution is -0.137. The number of carboxylic acids is 1. The minimum atomic E-state index is -1.01. The van der Waals surface area contributed by atoms with Crippen LogP contribution in [-0.2, 0) is 4.79 Å². The Labute approximate surface area is 121 Å². The quantitative estimate of drug-likeness (QED) is 0.916. The minimum Gasteiger partial charge on any atom is -0.480 e. The van der Waals surface area contributed by atoms with Gasteiger partial charge in [0.2, 0.25) is 0 Å². The first-order valence-corrected chi connectivity index (χ1v) is 6.82. The smallest absolute Gasteiger partial charge is 0.323 e. The highest BCUT2D eigenvalue weighted by Crippen LogP contribution is 2.31. The third-order valence-electron chi connectivity index (χ3n) is 3.50. The van der Waals surface area contributed by atoms with Gasteiger partial charge in [0, 0.05) is 11.6 Å². The lowest BCUT2D eigenvalue weighted by Gasteiger charge is -2.19. The van der Waals surface area contributed by atoms with Gasteiger partial charge in [-0.05, 0) is 24.5 Å². The van der Waals surface area contributed by atoms with Crippen LogP contribution in [0.3, 0.4) is 0 Å². The average Bonchev–Trinajstić information content (AvgIpc) is 3.21. The summed E-state index contributed by atoms with van der Waals surface area (Å²) in [4.78, 5) is 24.9. The fourth-order valence-corrected chi connectivity index (χ4v) is 2.35. The first kappa shape index (κ1) is 13.4. The van der Waals surface area contributed by atoms with Crippen molar-refractivity contribution in [2.45, 2.75) is 18.9 Å². The van der Waals surface area contributed by atoms with E-state index in [2.05, 4.69) is 0 Å². The summed E-state index contributed by atoms with van der Waals surface area (Å²) < 4.78 is 5.34. The van der Waals surface area contributed by atoms with Crippen LogP contribution in [0.25, 0.3) is 11.1 Å². The number of furan rings is 1. The summed E-state index contributed by atoms with van der Waals surface area (Å²) >= 11 is 0. The molecule has 1 N–H and O–H groups in total. The number of carbonyl (C=O) groups excluding carboxylic acids is 1. The van der Waals surface area contributed by atoms with Crippen molar-refractivity contribution in [2.75, 3.05) is 6.54 Å². The van der Waals surface area contributed by atoms with Gasteiger partial charge < -0.3 is 14.4 Å². The van der Waals surface area contributed by atoms with Crippen LogP contribution >= 0.6 is 0 Å². The Kier molecular flexibility index (Phi) is 3.48. The van der Waals surface area contributed by atoms with Crippen LogP contribution in [0.15, 0.2) is 47.1 Å². The lowest BCUT2D eigenvalue weighted by atomic mass is 10.1. The maximum atomic E-state index is 12.6. The van der Waals surface area contributed by atoms with Gasteiger partial charge in [0.1, 0.15) is 6.54 Å². The number of nitrogens with zero attached hydrogens (tertiary/aromatic N) is 1. The van der Waals surface area contributed by atoms with Crippen molar-refractivity contribution in [2.24, 2.45) is 0 Å². The van der Waals surface area contributed by atoms with Crippen LogP contribution in [0.4, 0.5) is 0 Å². The van der Waals surface area contributed by atoms with E-state index in [4.69, 9.17) is 9.52 Å². The van der Waals surface area contributed by atoms with E-state index in [-0.39, 0.29) is 24.3 Å². The van der Waals surface area contributed by atoms with Gasteiger partial charge in [-0.3, -0.25) is 9.59 Å². The Hall–Kier alpha value is -2.56. The molecule has 1 amide bonds. The Morgan fingerprint density at radius 3 is 2.52 bits per heavy atom. The standard InChI is InChI=1S/C16H15NO4/c18-14(19)10-17(12-6-7-12)16(20)15-13(8-9-21-15)11-4-2-1-3-5-11/h1-5,8-9,12H,6-7,10H2,(H,18,19). The Balaban J connectivity index is 1.91. The van der Waals surface area contributed by atoms with Gasteiger partial charge in [0.25, 0.3) is 5.91 Å². The predicted octanol–water partition coefficient (Wildman–Crippen LogP) is 2.64. The zero-order valence-corrected chi connectivity index (χ0v) is 11.4. The molecule has 3 rings (SSSR count). The Bertz CT molecular complexity index is 658. The first-order valence-electron chi connectivity index (χ1n) is 6.82. The molecule has 0 radical (unpaired) electrons. The molecule has 1 aliphatic carbocycles. The van der Waals surface area contributed by atoms with Crippen LogP contribution in [0.5, 0.6) is 0 Å². The monoisotopic (exact) mass is 285 g/mol. The fraction of sp³-hybridized carbons (Fsp3) is 0.250. The summed E-state index contributed by atoms with van der Waals surface area (Å²) in [7, 11) is 0. The molecule has 0 atom stereocenters. The molecule has 21 heavy (non-hydrogen) atoms. The SMILES string of the molecule is O=C(O)CN(C(=O)c1occc1-c1ccccc1)C1CC1. The molecule has 1 heterocycles. The first-order chi connectivity index (χ1) is 10.2. The molecule has 5 nitrogen and oxygen atoms in total. The van der Waals surface area contributed by atoms with E-state index >= 15 is 0 Å². The number of aliphatic carboxylic acids is 1. The highest BCUT2D eigenvalue weighted by atomic mass is 16.4. The molecule has 1 aliphatic rings. The number of amides is 1. The van der Waals surface area contributed by atoms with Crippen molar-refractivity contribution in [1.29, 1.82) is 0 Å². The number of hydrogen-bond acceptors (Lipinski definition) is 3. The number of benzene rings is 1. The summed E-state index contributed by atoms with van der Waals surface area (Å²) in [6.45, 7) is -0.293. The second-order valence-electron chi connectivity index (χ2n) is 5.09. The van der Waals surface area contributed by atoms with Crippen molar-refractivity contribution in [1.82, 2.24) is 4.90 Å². The summed E-state index contributed by atoms with van der Waals surface area (Å²) in [5, 5.41) is 8.97. The van der Waals surface area contributed by atoms with E-state index < -0.39 is 5.97 Å². The normalized spacial score (nSPS) is 13.9. The number of carbonyl (C=O) groups is 2. The van der Waals surface area contributed by atoms with Crippen LogP contribution in [-0.4, -0.2) is 34.5 Å². The molecule has 5 heteroatoms. The lowest BCUT2D eigenvalue weighted by Crippen LogP contribution is -2.37. The zero-order chi connectivity index (χ0) is 14.8. The van der Waals surface area contributed by atoms with Crippen molar-refractivity contribution >= 4 is 11.9 Å². The molecule has 0 aliphatic heterocycles. The van der Waals surface area contributed by atoms with E-state index in [1.165, 1.54) is 11.2 Å². The van der Waals surface area contributed by atoms with Gasteiger partial charge in [-0.15, -0.1) is 0 Å². The van der Waals surface area contributed by atoms with Gasteiger partial charge in [-0.25, -0.2) is 0 Å². The second-order valence-corrected chi connectivity index (χ2v) is 5.09. The molecule has 0 bridgehead atoms. The van der Waals surface area contributed by atoms with Gasteiger partial charge in [0.05, 0.1) is 6.26 Å². The molecule has 1 saturated carbocycles. The molecule has 1 aromatic carbocycles. The summed E-state index contributed by atoms with van der Waals surface area (Å²) in [6, 6.07) is 11.2. The third-order valence-corrected chi connectivity index (χ3v) is 3.50. The molecule has 0 spiro atoms. The minimum absolute atomic E-state index is 0.0160. The molecule has 1 fully saturated rings. The molecular formula is C16H15NO4. The largest absolute Gasteiger partial charge is 0.480 e. The molecule has 0 unspecified atom stereocenters. The summed E-state index contributed by atoms with van der Waals surface area (Å²) in [6.07, 6.45) is 3.15. The van der Waals surface area contributed by atoms with Crippen molar-refractivity contribution in [3.8, 4) is 11.1 Å². The molecule has 0 saturated heterocycles. The zero-order valence-electron chi connectivity index (χ0n) is 11.4. The second kappa shape index (κ2) is 5.44. The van der Waals surface area contributed by atoms with Crippen LogP contribution in [0, 0.1) is 0 Å². The van der Waals surface area contributed by atoms with Gasteiger partial charge in [-0.2, -0.15) is 0 Å². The number of hydrogen-bond donors (Lipinski definition) is 1. The highest BCUT2D eigenvalue weighted by Gasteiger charge is 2.36. The fourth-order valence-electron chi connectivity index (χ4n) is 2.35. The summed E-state index contributed by atoms with van der Waals surface area (Å²) in [5.74, 6) is -1.17. The van der Waals surface area contributed by atoms with Crippen molar-refractivity contribution in [3.63, 3.8) is 0 Å². The molecule has 2 aromatic rings. The van der Waals surface area contributed by atoms with E-state index in [9.17, 15) is 9.59 Å². The van der Waals surface area contributed by atoms with Crippen molar-refractivity contribution < 1.29 is 19.1 Å². The van der Waals surface area contributed by atoms with E-state index in [1.807, 2.05) is 30.3 Å². The maximum absolute atomic E-state index is 12.6. The number of carboxylic acid groups (broad SMARTS) is 1. The van der Waals surface area contributed by atoms with Crippen molar-refractivity contribution in [3.05, 3.63) is 48.4 Å². The highest BCUT2D eigenvalue weighted by molar-refractivity contribution is 5.99. The van der Waals surface area contributed by atoms with E-state index in [1.54, 1.807) is 6.07 Å². The Morgan fingerprint density at radius 1 is 1.19 bits per heavy atom. The molecule has 1 aromatic heterocycles. The Morgan fingerprint density at radius 2 is 1.90 bits per heavy atom. The maximum Gasteiger partial charge on any atom is 0.323 e. The van der Waals surface area contributed by atoms with Crippen LogP contribution < -0.4 is 0 Å². The van der Waals surface area contributed by atoms with Gasteiger partial charge >= 0.3 is 5.97 Å². The topological polar surface area (TPSA) is 70.8 Å². The van der Waals surface area contributed by atoms with Gasteiger partial charge in [-0.1, -0.05) is 30.3 Å². The third kappa shape index (κ3) is 2.81. The van der Waals surface area contributed by atoms with Gasteiger partial charge in [0.15, 0.2) is 5.76 Å². The van der Waals surface area contributed by atoms with Crippen LogP contribution in [0.1, 0.15) is 23.4 Å². The van der Waals surface area contributed by atoms with E-state index in [0.717, 1.165) is 18.4 Å². The van der Waals surface area contributed by atoms with Crippen LogP contribution in [0.2, 0.25) is 0 Å². The average molecular weight is 285 g/mol. The predicted molar refractivity (Wildman–Crippen MR) is 75.8 cm³/mol.